The van der Waals surface area contributed by atoms with Crippen molar-refractivity contribution in [2.75, 3.05) is 0 Å². The van der Waals surface area contributed by atoms with E-state index in [1.54, 1.807) is 6.07 Å². The first-order valence-corrected chi connectivity index (χ1v) is 7.47. The van der Waals surface area contributed by atoms with Gasteiger partial charge in [-0.25, -0.2) is 0 Å². The van der Waals surface area contributed by atoms with Gasteiger partial charge in [0.2, 0.25) is 0 Å². The van der Waals surface area contributed by atoms with Gasteiger partial charge in [0.15, 0.2) is 0 Å². The first kappa shape index (κ1) is 14.1. The Hall–Kier alpha value is -2.84. The van der Waals surface area contributed by atoms with Crippen LogP contribution in [-0.2, 0) is 6.61 Å². The molecule has 0 radical (unpaired) electrons. The van der Waals surface area contributed by atoms with Gasteiger partial charge in [-0.3, -0.25) is 5.41 Å². The van der Waals surface area contributed by atoms with Crippen LogP contribution >= 0.6 is 11.3 Å². The average molecular weight is 307 g/mol. The second kappa shape index (κ2) is 5.88. The van der Waals surface area contributed by atoms with Gasteiger partial charge < -0.3 is 10.5 Å². The molecule has 0 aliphatic rings. The fourth-order valence-corrected chi connectivity index (χ4v) is 3.08. The molecule has 4 nitrogen and oxygen atoms in total. The molecule has 0 saturated carbocycles. The van der Waals surface area contributed by atoms with Crippen molar-refractivity contribution in [2.24, 2.45) is 5.73 Å². The molecule has 1 heterocycles. The number of nitriles is 1. The Morgan fingerprint density at radius 2 is 2.09 bits per heavy atom. The van der Waals surface area contributed by atoms with Gasteiger partial charge >= 0.3 is 0 Å². The Bertz CT molecular complexity index is 892. The molecular weight excluding hydrogens is 294 g/mol. The lowest BCUT2D eigenvalue weighted by molar-refractivity contribution is 0.306. The van der Waals surface area contributed by atoms with Crippen molar-refractivity contribution < 1.29 is 4.74 Å². The van der Waals surface area contributed by atoms with E-state index in [4.69, 9.17) is 21.1 Å². The minimum absolute atomic E-state index is 0.0805. The van der Waals surface area contributed by atoms with Crippen LogP contribution in [0.4, 0.5) is 0 Å². The SMILES string of the molecule is N#Cc1cccc(COc2ccc3cc(C(=N)N)sc3c2)c1. The first-order chi connectivity index (χ1) is 10.7. The van der Waals surface area contributed by atoms with Crippen LogP contribution in [0, 0.1) is 16.7 Å². The average Bonchev–Trinajstić information content (AvgIpc) is 2.96. The van der Waals surface area contributed by atoms with E-state index in [9.17, 15) is 0 Å². The number of fused-ring (bicyclic) bond motifs is 1. The highest BCUT2D eigenvalue weighted by Gasteiger charge is 2.06. The topological polar surface area (TPSA) is 82.9 Å². The predicted octanol–water partition coefficient (Wildman–Crippen LogP) is 3.64. The van der Waals surface area contributed by atoms with Crippen LogP contribution in [0.3, 0.4) is 0 Å². The highest BCUT2D eigenvalue weighted by atomic mass is 32.1. The Morgan fingerprint density at radius 1 is 1.23 bits per heavy atom. The smallest absolute Gasteiger partial charge is 0.133 e. The molecule has 3 N–H and O–H groups in total. The molecule has 1 aromatic heterocycles. The summed E-state index contributed by atoms with van der Waals surface area (Å²) in [5.41, 5.74) is 7.09. The van der Waals surface area contributed by atoms with E-state index in [1.807, 2.05) is 42.5 Å². The maximum Gasteiger partial charge on any atom is 0.133 e. The van der Waals surface area contributed by atoms with Crippen molar-refractivity contribution in [3.63, 3.8) is 0 Å². The number of nitrogens with zero attached hydrogens (tertiary/aromatic N) is 1. The normalized spacial score (nSPS) is 10.3. The van der Waals surface area contributed by atoms with E-state index < -0.39 is 0 Å². The number of rotatable bonds is 4. The number of benzene rings is 2. The molecule has 5 heteroatoms. The van der Waals surface area contributed by atoms with Gasteiger partial charge in [0.25, 0.3) is 0 Å². The largest absolute Gasteiger partial charge is 0.489 e. The summed E-state index contributed by atoms with van der Waals surface area (Å²) in [6, 6.07) is 17.2. The maximum atomic E-state index is 8.90. The Labute approximate surface area is 131 Å². The zero-order valence-corrected chi connectivity index (χ0v) is 12.5. The third-order valence-corrected chi connectivity index (χ3v) is 4.35. The molecule has 22 heavy (non-hydrogen) atoms. The second-order valence-electron chi connectivity index (χ2n) is 4.82. The van der Waals surface area contributed by atoms with Gasteiger partial charge in [-0.15, -0.1) is 11.3 Å². The number of thiophene rings is 1. The van der Waals surface area contributed by atoms with Gasteiger partial charge in [-0.05, 0) is 47.3 Å². The molecule has 108 valence electrons. The lowest BCUT2D eigenvalue weighted by Crippen LogP contribution is -2.08. The number of nitrogens with two attached hydrogens (primary N) is 1. The molecule has 0 aliphatic heterocycles. The summed E-state index contributed by atoms with van der Waals surface area (Å²) in [5.74, 6) is 0.837. The molecule has 3 aromatic rings. The third kappa shape index (κ3) is 2.92. The summed E-state index contributed by atoms with van der Waals surface area (Å²) in [4.78, 5) is 0.758. The molecule has 0 fully saturated rings. The fraction of sp³-hybridized carbons (Fsp3) is 0.0588. The summed E-state index contributed by atoms with van der Waals surface area (Å²) in [7, 11) is 0. The summed E-state index contributed by atoms with van der Waals surface area (Å²) < 4.78 is 6.82. The highest BCUT2D eigenvalue weighted by molar-refractivity contribution is 7.20. The van der Waals surface area contributed by atoms with E-state index in [-0.39, 0.29) is 5.84 Å². The van der Waals surface area contributed by atoms with Crippen LogP contribution in [0.2, 0.25) is 0 Å². The van der Waals surface area contributed by atoms with Crippen molar-refractivity contribution in [3.8, 4) is 11.8 Å². The third-order valence-electron chi connectivity index (χ3n) is 3.22. The number of amidine groups is 1. The fourth-order valence-electron chi connectivity index (χ4n) is 2.13. The monoisotopic (exact) mass is 307 g/mol. The van der Waals surface area contributed by atoms with E-state index in [0.29, 0.717) is 12.2 Å². The molecule has 0 spiro atoms. The van der Waals surface area contributed by atoms with Crippen molar-refractivity contribution >= 4 is 27.3 Å². The van der Waals surface area contributed by atoms with E-state index >= 15 is 0 Å². The van der Waals surface area contributed by atoms with Crippen LogP contribution in [-0.4, -0.2) is 5.84 Å². The van der Waals surface area contributed by atoms with E-state index in [1.165, 1.54) is 11.3 Å². The minimum atomic E-state index is 0.0805. The van der Waals surface area contributed by atoms with Crippen molar-refractivity contribution in [3.05, 3.63) is 64.5 Å². The molecule has 2 aromatic carbocycles. The first-order valence-electron chi connectivity index (χ1n) is 6.65. The molecule has 0 saturated heterocycles. The Kier molecular flexibility index (Phi) is 3.77. The van der Waals surface area contributed by atoms with Crippen molar-refractivity contribution in [1.82, 2.24) is 0 Å². The standard InChI is InChI=1S/C17H13N3OS/c18-9-11-2-1-3-12(6-11)10-21-14-5-4-13-7-16(17(19)20)22-15(13)8-14/h1-8H,10H2,(H3,19,20). The van der Waals surface area contributed by atoms with E-state index in [0.717, 1.165) is 26.3 Å². The van der Waals surface area contributed by atoms with Crippen LogP contribution < -0.4 is 10.5 Å². The molecule has 0 amide bonds. The number of hydrogen-bond donors (Lipinski definition) is 2. The minimum Gasteiger partial charge on any atom is -0.489 e. The zero-order valence-electron chi connectivity index (χ0n) is 11.7. The van der Waals surface area contributed by atoms with Gasteiger partial charge in [0, 0.05) is 4.70 Å². The predicted molar refractivity (Wildman–Crippen MR) is 88.3 cm³/mol. The number of nitrogen functional groups attached to an aromatic ring is 1. The summed E-state index contributed by atoms with van der Waals surface area (Å²) >= 11 is 1.47. The second-order valence-corrected chi connectivity index (χ2v) is 5.91. The number of nitrogens with one attached hydrogen (secondary N) is 1. The number of ether oxygens (including phenoxy) is 1. The Balaban J connectivity index is 1.79. The van der Waals surface area contributed by atoms with Crippen LogP contribution in [0.5, 0.6) is 5.75 Å². The quantitative estimate of drug-likeness (QED) is 0.570. The van der Waals surface area contributed by atoms with Gasteiger partial charge in [-0.1, -0.05) is 12.1 Å². The van der Waals surface area contributed by atoms with Gasteiger partial charge in [-0.2, -0.15) is 5.26 Å². The molecule has 0 bridgehead atoms. The van der Waals surface area contributed by atoms with Gasteiger partial charge in [0.1, 0.15) is 18.2 Å². The number of hydrogen-bond acceptors (Lipinski definition) is 4. The van der Waals surface area contributed by atoms with Crippen molar-refractivity contribution in [2.45, 2.75) is 6.61 Å². The zero-order chi connectivity index (χ0) is 15.5. The molecular formula is C17H13N3OS. The molecule has 0 atom stereocenters. The highest BCUT2D eigenvalue weighted by Crippen LogP contribution is 2.29. The van der Waals surface area contributed by atoms with Crippen LogP contribution in [0.25, 0.3) is 10.1 Å². The molecule has 3 rings (SSSR count). The van der Waals surface area contributed by atoms with E-state index in [2.05, 4.69) is 6.07 Å². The molecule has 0 unspecified atom stereocenters. The summed E-state index contributed by atoms with van der Waals surface area (Å²) in [6.07, 6.45) is 0. The maximum absolute atomic E-state index is 8.90. The lowest BCUT2D eigenvalue weighted by Gasteiger charge is -2.06. The van der Waals surface area contributed by atoms with Crippen LogP contribution in [0.1, 0.15) is 16.0 Å². The summed E-state index contributed by atoms with van der Waals surface area (Å²) in [6.45, 7) is 0.409. The lowest BCUT2D eigenvalue weighted by atomic mass is 10.1. The van der Waals surface area contributed by atoms with Crippen LogP contribution in [0.15, 0.2) is 48.5 Å². The molecule has 0 aliphatic carbocycles. The van der Waals surface area contributed by atoms with Gasteiger partial charge in [0.05, 0.1) is 16.5 Å². The van der Waals surface area contributed by atoms with Crippen molar-refractivity contribution in [1.29, 1.82) is 10.7 Å². The summed E-state index contributed by atoms with van der Waals surface area (Å²) in [5, 5.41) is 17.4. The Morgan fingerprint density at radius 3 is 2.86 bits per heavy atom.